The number of carbonyl (C=O) groups is 2. The molecule has 0 aliphatic rings. The highest BCUT2D eigenvalue weighted by molar-refractivity contribution is 7.45. The van der Waals surface area contributed by atoms with Crippen molar-refractivity contribution in [1.82, 2.24) is 5.32 Å². The van der Waals surface area contributed by atoms with Gasteiger partial charge in [0.2, 0.25) is 5.91 Å². The molecule has 3 unspecified atom stereocenters. The highest BCUT2D eigenvalue weighted by atomic mass is 31.2. The van der Waals surface area contributed by atoms with Crippen LogP contribution in [0.3, 0.4) is 0 Å². The van der Waals surface area contributed by atoms with Crippen LogP contribution >= 0.6 is 7.82 Å². The van der Waals surface area contributed by atoms with E-state index in [1.165, 1.54) is 173 Å². The Morgan fingerprint density at radius 1 is 0.455 bits per heavy atom. The lowest BCUT2D eigenvalue weighted by Gasteiger charge is -2.30. The molecule has 77 heavy (non-hydrogen) atoms. The van der Waals surface area contributed by atoms with E-state index < -0.39 is 26.6 Å². The van der Waals surface area contributed by atoms with Crippen LogP contribution in [0.2, 0.25) is 0 Å². The first-order valence-electron chi connectivity index (χ1n) is 32.6. The number of phosphoric acid groups is 1. The number of nitrogens with zero attached hydrogens (tertiary/aromatic N) is 1. The average Bonchev–Trinajstić information content (AvgIpc) is 3.39. The Kier molecular flexibility index (Phi) is 55.3. The molecule has 0 aromatic rings. The summed E-state index contributed by atoms with van der Waals surface area (Å²) in [6.07, 6.45) is 72.0. The van der Waals surface area contributed by atoms with Gasteiger partial charge in [-0.3, -0.25) is 14.2 Å². The van der Waals surface area contributed by atoms with Gasteiger partial charge < -0.3 is 28.5 Å². The monoisotopic (exact) mass is 1100 g/mol. The number of allylic oxidation sites excluding steroid dienone is 9. The van der Waals surface area contributed by atoms with E-state index in [2.05, 4.69) is 74.7 Å². The van der Waals surface area contributed by atoms with Crippen LogP contribution in [-0.2, 0) is 27.9 Å². The number of nitrogens with one attached hydrogen (secondary N) is 1. The van der Waals surface area contributed by atoms with Gasteiger partial charge in [0.05, 0.1) is 33.8 Å². The maximum Gasteiger partial charge on any atom is 0.306 e. The van der Waals surface area contributed by atoms with Crippen LogP contribution in [-0.4, -0.2) is 69.4 Å². The number of esters is 1. The Morgan fingerprint density at radius 2 is 0.805 bits per heavy atom. The maximum atomic E-state index is 13.5. The van der Waals surface area contributed by atoms with Crippen molar-refractivity contribution in [3.8, 4) is 0 Å². The van der Waals surface area contributed by atoms with E-state index in [-0.39, 0.29) is 24.9 Å². The standard InChI is InChI=1S/C67H125N2O7P/c1-7-10-13-16-19-22-25-27-28-29-30-31-32-33-34-35-36-37-38-39-40-42-45-48-51-54-57-60-67(71)76-65(58-55-52-49-46-44-41-26-23-20-17-14-11-8-2)64(63-75-77(72,73)74-62-61-69(4,5)6)68-66(70)59-56-53-50-47-43-24-21-18-15-12-9-3/h18-19,21-22,27-28,30-31,55,58,64-65H,7-17,20,23-26,29,32-54,56-57,59-63H2,1-6H3,(H-,68,70,72,73)/b21-18-,22-19-,28-27-,31-30-,58-55-. The van der Waals surface area contributed by atoms with Crippen LogP contribution in [0.4, 0.5) is 0 Å². The summed E-state index contributed by atoms with van der Waals surface area (Å²) in [5.74, 6) is -0.546. The summed E-state index contributed by atoms with van der Waals surface area (Å²) in [6.45, 7) is 6.79. The van der Waals surface area contributed by atoms with Gasteiger partial charge in [-0.15, -0.1) is 0 Å². The molecule has 0 saturated carbocycles. The zero-order valence-electron chi connectivity index (χ0n) is 51.4. The summed E-state index contributed by atoms with van der Waals surface area (Å²) in [4.78, 5) is 39.9. The first kappa shape index (κ1) is 74.7. The Hall–Kier alpha value is -2.29. The smallest absolute Gasteiger partial charge is 0.306 e. The number of hydrogen-bond acceptors (Lipinski definition) is 7. The van der Waals surface area contributed by atoms with Gasteiger partial charge in [-0.1, -0.05) is 262 Å². The van der Waals surface area contributed by atoms with E-state index in [4.69, 9.17) is 13.8 Å². The van der Waals surface area contributed by atoms with Gasteiger partial charge in [-0.25, -0.2) is 0 Å². The molecule has 0 heterocycles. The zero-order chi connectivity index (χ0) is 56.4. The average molecular weight is 1100 g/mol. The molecule has 0 aromatic carbocycles. The number of ether oxygens (including phenoxy) is 1. The minimum Gasteiger partial charge on any atom is -0.756 e. The topological polar surface area (TPSA) is 114 Å². The molecule has 450 valence electrons. The van der Waals surface area contributed by atoms with Crippen molar-refractivity contribution in [3.05, 3.63) is 60.8 Å². The number of unbranched alkanes of at least 4 members (excludes halogenated alkanes) is 35. The van der Waals surface area contributed by atoms with Gasteiger partial charge in [0, 0.05) is 12.8 Å². The largest absolute Gasteiger partial charge is 0.756 e. The molecule has 0 bridgehead atoms. The second kappa shape index (κ2) is 57.0. The van der Waals surface area contributed by atoms with Crippen LogP contribution in [0.25, 0.3) is 0 Å². The van der Waals surface area contributed by atoms with Gasteiger partial charge in [0.1, 0.15) is 19.3 Å². The number of amides is 1. The summed E-state index contributed by atoms with van der Waals surface area (Å²) >= 11 is 0. The van der Waals surface area contributed by atoms with Crippen LogP contribution in [0.15, 0.2) is 60.8 Å². The lowest BCUT2D eigenvalue weighted by atomic mass is 10.0. The molecule has 9 nitrogen and oxygen atoms in total. The fourth-order valence-corrected chi connectivity index (χ4v) is 10.1. The number of likely N-dealkylation sites (N-methyl/N-ethyl adjacent to an activating group) is 1. The van der Waals surface area contributed by atoms with Crippen molar-refractivity contribution >= 4 is 19.7 Å². The van der Waals surface area contributed by atoms with E-state index >= 15 is 0 Å². The van der Waals surface area contributed by atoms with Crippen molar-refractivity contribution in [2.24, 2.45) is 0 Å². The van der Waals surface area contributed by atoms with Crippen molar-refractivity contribution in [3.63, 3.8) is 0 Å². The van der Waals surface area contributed by atoms with E-state index in [0.717, 1.165) is 96.3 Å². The Morgan fingerprint density at radius 3 is 1.26 bits per heavy atom. The summed E-state index contributed by atoms with van der Waals surface area (Å²) in [7, 11) is 1.18. The maximum absolute atomic E-state index is 13.5. The molecule has 0 fully saturated rings. The second-order valence-corrected chi connectivity index (χ2v) is 24.7. The second-order valence-electron chi connectivity index (χ2n) is 23.3. The van der Waals surface area contributed by atoms with Gasteiger partial charge in [-0.2, -0.15) is 0 Å². The Labute approximate surface area is 477 Å². The van der Waals surface area contributed by atoms with E-state index in [1.54, 1.807) is 0 Å². The molecule has 0 rings (SSSR count). The quantitative estimate of drug-likeness (QED) is 0.0212. The van der Waals surface area contributed by atoms with Crippen LogP contribution in [0.1, 0.15) is 303 Å². The Balaban J connectivity index is 5.02. The molecule has 1 N–H and O–H groups in total. The Bertz CT molecular complexity index is 1500. The predicted molar refractivity (Wildman–Crippen MR) is 330 cm³/mol. The number of rotatable bonds is 59. The third-order valence-corrected chi connectivity index (χ3v) is 15.4. The molecule has 0 aliphatic carbocycles. The number of phosphoric ester groups is 1. The highest BCUT2D eigenvalue weighted by Crippen LogP contribution is 2.38. The fourth-order valence-electron chi connectivity index (χ4n) is 9.33. The summed E-state index contributed by atoms with van der Waals surface area (Å²) in [5.41, 5.74) is 0. The van der Waals surface area contributed by atoms with Crippen molar-refractivity contribution in [2.45, 2.75) is 315 Å². The molecule has 0 aliphatic heterocycles. The molecule has 1 amide bonds. The lowest BCUT2D eigenvalue weighted by Crippen LogP contribution is -2.47. The first-order valence-corrected chi connectivity index (χ1v) is 34.1. The van der Waals surface area contributed by atoms with Crippen molar-refractivity contribution < 1.29 is 37.3 Å². The molecule has 0 radical (unpaired) electrons. The van der Waals surface area contributed by atoms with Gasteiger partial charge in [-0.05, 0) is 89.5 Å². The summed E-state index contributed by atoms with van der Waals surface area (Å²) in [6, 6.07) is -0.892. The van der Waals surface area contributed by atoms with E-state index in [0.29, 0.717) is 17.4 Å². The van der Waals surface area contributed by atoms with Gasteiger partial charge in [0.15, 0.2) is 0 Å². The zero-order valence-corrected chi connectivity index (χ0v) is 52.3. The van der Waals surface area contributed by atoms with Gasteiger partial charge in [0.25, 0.3) is 7.82 Å². The predicted octanol–water partition coefficient (Wildman–Crippen LogP) is 19.6. The minimum absolute atomic E-state index is 0.0240. The fraction of sp³-hybridized carbons (Fsp3) is 0.821. The molecular formula is C67H125N2O7P. The van der Waals surface area contributed by atoms with Crippen molar-refractivity contribution in [1.29, 1.82) is 0 Å². The van der Waals surface area contributed by atoms with Crippen LogP contribution in [0.5, 0.6) is 0 Å². The van der Waals surface area contributed by atoms with Crippen LogP contribution < -0.4 is 10.2 Å². The summed E-state index contributed by atoms with van der Waals surface area (Å²) < 4.78 is 30.3. The summed E-state index contributed by atoms with van der Waals surface area (Å²) in [5, 5.41) is 3.02. The molecule has 0 saturated heterocycles. The molecule has 0 spiro atoms. The SMILES string of the molecule is CCCC/C=C\CCCCCCCC(=O)NC(COP(=O)([O-])OCC[N+](C)(C)C)C(/C=C\CCCCCCCCCCCCC)OC(=O)CCCCCCCCCCCCCCCC/C=C\C/C=C\C/C=C\CCCCC. The number of carbonyl (C=O) groups excluding carboxylic acids is 2. The third kappa shape index (κ3) is 58.2. The van der Waals surface area contributed by atoms with E-state index in [1.807, 2.05) is 33.3 Å². The molecular weight excluding hydrogens is 976 g/mol. The number of quaternary nitrogens is 1. The lowest BCUT2D eigenvalue weighted by molar-refractivity contribution is -0.870. The normalized spacial score (nSPS) is 14.0. The van der Waals surface area contributed by atoms with Gasteiger partial charge >= 0.3 is 5.97 Å². The first-order chi connectivity index (χ1) is 37.4. The molecule has 10 heteroatoms. The molecule has 3 atom stereocenters. The highest BCUT2D eigenvalue weighted by Gasteiger charge is 2.27. The van der Waals surface area contributed by atoms with Crippen LogP contribution in [0, 0.1) is 0 Å². The third-order valence-electron chi connectivity index (χ3n) is 14.4. The molecule has 0 aromatic heterocycles. The van der Waals surface area contributed by atoms with Crippen molar-refractivity contribution in [2.75, 3.05) is 40.9 Å². The van der Waals surface area contributed by atoms with E-state index in [9.17, 15) is 19.0 Å². The minimum atomic E-state index is -4.70. The number of hydrogen-bond donors (Lipinski definition) is 1.